The zero-order chi connectivity index (χ0) is 45.0. The number of nitrogens with zero attached hydrogens (tertiary/aromatic N) is 4. The van der Waals surface area contributed by atoms with Gasteiger partial charge < -0.3 is 0 Å². The summed E-state index contributed by atoms with van der Waals surface area (Å²) < 4.78 is 80.9. The normalized spacial score (nSPS) is 20.4. The molecule has 4 aliphatic carbocycles. The Morgan fingerprint density at radius 1 is 0.721 bits per heavy atom. The van der Waals surface area contributed by atoms with Crippen LogP contribution < -0.4 is 9.86 Å². The first kappa shape index (κ1) is 46.5. The van der Waals surface area contributed by atoms with Crippen LogP contribution in [0.2, 0.25) is 0 Å². The van der Waals surface area contributed by atoms with E-state index in [1.165, 1.54) is 24.3 Å². The van der Waals surface area contributed by atoms with Gasteiger partial charge in [0, 0.05) is 12.4 Å². The van der Waals surface area contributed by atoms with Crippen molar-refractivity contribution in [1.82, 2.24) is 24.3 Å². The number of nitrogens with two attached hydrogens (primary N) is 1. The van der Waals surface area contributed by atoms with Crippen molar-refractivity contribution in [2.75, 3.05) is 0 Å². The topological polar surface area (TPSA) is 176 Å². The summed E-state index contributed by atoms with van der Waals surface area (Å²) in [5, 5.41) is 12.3. The van der Waals surface area contributed by atoms with Crippen molar-refractivity contribution in [3.63, 3.8) is 0 Å². The summed E-state index contributed by atoms with van der Waals surface area (Å²) >= 11 is 5.76. The second-order valence-corrected chi connectivity index (χ2v) is 22.2. The standard InChI is InChI=1S/C22H28FN3O3S.C16H20ClFO.C6H9N3O2S/c1-13(2)17-11-14(23)12-18-20(17)16(7-9-22(18,3)4)21(27)25-30(28,29)19-8-10-26(24-19)15-5-6-15;1-9(2)12-7-10(18)8-13-14(12)11(15(17)19)5-6-16(13,3)4;7-12(10,11)6-3-4-9(8-6)5-1-2-5/h8,10-13,15-16H,5-7,9H2,1-4H3,(H,25,27);7-9,11H,5-6H2,1-4H3;3-5H,1-2H2,(H2,7,10,11). The summed E-state index contributed by atoms with van der Waals surface area (Å²) in [6.45, 7) is 16.2. The monoisotopic (exact) mass is 902 g/mol. The Morgan fingerprint density at radius 3 is 1.52 bits per heavy atom. The van der Waals surface area contributed by atoms with Crippen LogP contribution in [0.1, 0.15) is 176 Å². The lowest BCUT2D eigenvalue weighted by Gasteiger charge is -2.38. The maximum absolute atomic E-state index is 14.3. The molecule has 3 N–H and O–H groups in total. The molecule has 2 heterocycles. The number of benzene rings is 2. The number of halogens is 3. The van der Waals surface area contributed by atoms with Crippen LogP contribution in [0.5, 0.6) is 0 Å². The van der Waals surface area contributed by atoms with E-state index in [2.05, 4.69) is 28.8 Å². The fourth-order valence-electron chi connectivity index (χ4n) is 8.47. The predicted molar refractivity (Wildman–Crippen MR) is 230 cm³/mol. The molecule has 8 rings (SSSR count). The van der Waals surface area contributed by atoms with Crippen molar-refractivity contribution >= 4 is 42.8 Å². The highest BCUT2D eigenvalue weighted by Gasteiger charge is 2.41. The van der Waals surface area contributed by atoms with E-state index in [9.17, 15) is 35.2 Å². The van der Waals surface area contributed by atoms with Crippen molar-refractivity contribution < 1.29 is 35.2 Å². The van der Waals surface area contributed by atoms with Gasteiger partial charge in [-0.2, -0.15) is 18.6 Å². The Balaban J connectivity index is 0.000000170. The van der Waals surface area contributed by atoms with Gasteiger partial charge in [0.05, 0.1) is 23.9 Å². The van der Waals surface area contributed by atoms with E-state index in [0.29, 0.717) is 18.9 Å². The summed E-state index contributed by atoms with van der Waals surface area (Å²) in [5.74, 6) is -1.89. The van der Waals surface area contributed by atoms with Crippen molar-refractivity contribution in [3.8, 4) is 0 Å². The van der Waals surface area contributed by atoms with Crippen molar-refractivity contribution in [2.45, 2.75) is 163 Å². The number of nitrogens with one attached hydrogen (secondary N) is 1. The number of sulfonamides is 2. The molecule has 2 unspecified atom stereocenters. The number of carbonyl (C=O) groups is 2. The van der Waals surface area contributed by atoms with E-state index in [-0.39, 0.29) is 61.6 Å². The first-order chi connectivity index (χ1) is 28.3. The Kier molecular flexibility index (Phi) is 13.2. The molecule has 2 saturated carbocycles. The molecule has 4 aromatic rings. The van der Waals surface area contributed by atoms with Gasteiger partial charge in [-0.05, 0) is 155 Å². The lowest BCUT2D eigenvalue weighted by molar-refractivity contribution is -0.121. The van der Waals surface area contributed by atoms with E-state index >= 15 is 0 Å². The summed E-state index contributed by atoms with van der Waals surface area (Å²) in [7, 11) is -7.69. The van der Waals surface area contributed by atoms with Crippen LogP contribution in [0.25, 0.3) is 0 Å². The maximum Gasteiger partial charge on any atom is 0.283 e. The van der Waals surface area contributed by atoms with E-state index < -0.39 is 31.9 Å². The molecule has 0 aliphatic heterocycles. The van der Waals surface area contributed by atoms with Crippen LogP contribution in [0.15, 0.2) is 58.8 Å². The third-order valence-corrected chi connectivity index (χ3v) is 14.6. The molecule has 0 saturated heterocycles. The molecule has 2 atom stereocenters. The summed E-state index contributed by atoms with van der Waals surface area (Å²) in [6, 6.07) is 9.57. The summed E-state index contributed by atoms with van der Waals surface area (Å²) in [4.78, 5) is 24.9. The molecule has 2 aromatic carbocycles. The Hall–Kier alpha value is -3.99. The minimum absolute atomic E-state index is 0.00416. The van der Waals surface area contributed by atoms with E-state index in [4.69, 9.17) is 16.7 Å². The zero-order valence-electron chi connectivity index (χ0n) is 36.0. The van der Waals surface area contributed by atoms with Crippen molar-refractivity contribution in [2.24, 2.45) is 5.14 Å². The van der Waals surface area contributed by atoms with Crippen molar-refractivity contribution in [1.29, 1.82) is 0 Å². The number of hydrogen-bond donors (Lipinski definition) is 2. The van der Waals surface area contributed by atoms with Crippen LogP contribution in [0.4, 0.5) is 8.78 Å². The molecular weight excluding hydrogens is 846 g/mol. The largest absolute Gasteiger partial charge is 0.283 e. The molecule has 332 valence electrons. The quantitative estimate of drug-likeness (QED) is 0.157. The molecular formula is C44H57ClF2N6O6S2. The van der Waals surface area contributed by atoms with Crippen LogP contribution >= 0.6 is 11.6 Å². The Labute approximate surface area is 363 Å². The van der Waals surface area contributed by atoms with E-state index in [1.807, 2.05) is 41.5 Å². The first-order valence-electron chi connectivity index (χ1n) is 20.9. The van der Waals surface area contributed by atoms with Crippen molar-refractivity contribution in [3.05, 3.63) is 93.8 Å². The van der Waals surface area contributed by atoms with Crippen LogP contribution in [0.3, 0.4) is 0 Å². The molecule has 4 aliphatic rings. The average molecular weight is 904 g/mol. The Morgan fingerprint density at radius 2 is 1.13 bits per heavy atom. The number of rotatable bonds is 9. The molecule has 2 fully saturated rings. The number of primary sulfonamides is 1. The number of amides is 1. The predicted octanol–water partition coefficient (Wildman–Crippen LogP) is 8.88. The smallest absolute Gasteiger partial charge is 0.281 e. The number of hydrogen-bond acceptors (Lipinski definition) is 8. The second kappa shape index (κ2) is 17.3. The minimum atomic E-state index is -4.07. The molecule has 0 bridgehead atoms. The van der Waals surface area contributed by atoms with Gasteiger partial charge >= 0.3 is 0 Å². The minimum Gasteiger partial charge on any atom is -0.281 e. The highest BCUT2D eigenvalue weighted by molar-refractivity contribution is 7.90. The van der Waals surface area contributed by atoms with Gasteiger partial charge in [-0.15, -0.1) is 0 Å². The molecule has 12 nitrogen and oxygen atoms in total. The lowest BCUT2D eigenvalue weighted by atomic mass is 9.66. The van der Waals surface area contributed by atoms with Gasteiger partial charge in [0.1, 0.15) is 11.6 Å². The highest BCUT2D eigenvalue weighted by Crippen LogP contribution is 2.48. The summed E-state index contributed by atoms with van der Waals surface area (Å²) in [5.41, 5.74) is 4.74. The third-order valence-electron chi connectivity index (χ3n) is 12.3. The molecule has 17 heteroatoms. The maximum atomic E-state index is 14.3. The van der Waals surface area contributed by atoms with Gasteiger partial charge in [-0.3, -0.25) is 19.0 Å². The van der Waals surface area contributed by atoms with Gasteiger partial charge in [-0.25, -0.2) is 27.1 Å². The van der Waals surface area contributed by atoms with Crippen LogP contribution in [0, 0.1) is 11.6 Å². The van der Waals surface area contributed by atoms with E-state index in [0.717, 1.165) is 71.9 Å². The number of fused-ring (bicyclic) bond motifs is 2. The van der Waals surface area contributed by atoms with E-state index in [1.54, 1.807) is 33.9 Å². The summed E-state index contributed by atoms with van der Waals surface area (Å²) in [6.07, 6.45) is 10.2. The molecule has 2 aromatic heterocycles. The second-order valence-electron chi connectivity index (χ2n) is 18.7. The molecule has 61 heavy (non-hydrogen) atoms. The van der Waals surface area contributed by atoms with Gasteiger partial charge in [0.25, 0.3) is 20.0 Å². The highest BCUT2D eigenvalue weighted by atomic mass is 35.5. The molecule has 0 spiro atoms. The third kappa shape index (κ3) is 10.5. The SMILES string of the molecule is CC(C)c1cc(F)cc2c1C(C(=O)Cl)CCC2(C)C.CC(C)c1cc(F)cc2c1C(C(=O)NS(=O)(=O)c1ccn(C3CC3)n1)CCC2(C)C.NS(=O)(=O)c1ccn(C2CC2)n1. The fourth-order valence-corrected chi connectivity index (χ4v) is 10.1. The Bertz CT molecular complexity index is 2540. The fraction of sp³-hybridized carbons (Fsp3) is 0.545. The van der Waals surface area contributed by atoms with Gasteiger partial charge in [0.2, 0.25) is 11.1 Å². The number of aromatic nitrogens is 4. The molecule has 0 radical (unpaired) electrons. The van der Waals surface area contributed by atoms with Crippen LogP contribution in [-0.2, 0) is 40.5 Å². The average Bonchev–Trinajstić information content (AvgIpc) is 4.08. The van der Waals surface area contributed by atoms with Gasteiger partial charge in [-0.1, -0.05) is 55.4 Å². The molecule has 1 amide bonds. The number of carbonyl (C=O) groups excluding carboxylic acids is 2. The zero-order valence-corrected chi connectivity index (χ0v) is 38.4. The van der Waals surface area contributed by atoms with Gasteiger partial charge in [0.15, 0.2) is 10.1 Å². The van der Waals surface area contributed by atoms with Crippen LogP contribution in [-0.4, -0.2) is 47.5 Å². The first-order valence-corrected chi connectivity index (χ1v) is 24.3. The lowest BCUT2D eigenvalue weighted by Crippen LogP contribution is -2.39.